The Balaban J connectivity index is 1.82. The van der Waals surface area contributed by atoms with Crippen molar-refractivity contribution in [2.45, 2.75) is 84.2 Å². The molecule has 1 heterocycles. The molecule has 1 fully saturated rings. The predicted molar refractivity (Wildman–Crippen MR) is 154 cm³/mol. The number of ether oxygens (including phenoxy) is 1. The van der Waals surface area contributed by atoms with Crippen LogP contribution in [0.5, 0.6) is 5.75 Å². The lowest BCUT2D eigenvalue weighted by molar-refractivity contribution is -0.123. The monoisotopic (exact) mass is 533 g/mol. The van der Waals surface area contributed by atoms with E-state index in [0.29, 0.717) is 27.9 Å². The van der Waals surface area contributed by atoms with E-state index in [-0.39, 0.29) is 17.9 Å². The van der Waals surface area contributed by atoms with Crippen molar-refractivity contribution in [1.82, 2.24) is 10.3 Å². The van der Waals surface area contributed by atoms with Crippen LogP contribution in [0.2, 0.25) is 0 Å². The lowest BCUT2D eigenvalue weighted by Gasteiger charge is -2.33. The second-order valence-corrected chi connectivity index (χ2v) is 11.4. The lowest BCUT2D eigenvalue weighted by Crippen LogP contribution is -2.47. The minimum Gasteiger partial charge on any atom is -0.497 e. The quantitative estimate of drug-likeness (QED) is 0.318. The summed E-state index contributed by atoms with van der Waals surface area (Å²) in [4.78, 5) is 35.1. The minimum atomic E-state index is -0.841. The molecular weight excluding hydrogens is 494 g/mol. The van der Waals surface area contributed by atoms with Crippen LogP contribution in [0.15, 0.2) is 48.5 Å². The number of amides is 2. The summed E-state index contributed by atoms with van der Waals surface area (Å²) in [5.41, 5.74) is 3.31. The molecule has 1 N–H and O–H groups in total. The van der Waals surface area contributed by atoms with E-state index < -0.39 is 6.04 Å². The highest BCUT2D eigenvalue weighted by Crippen LogP contribution is 2.34. The molecule has 1 saturated carbocycles. The number of nitrogens with one attached hydrogen (secondary N) is 1. The molecule has 2 amide bonds. The van der Waals surface area contributed by atoms with Gasteiger partial charge in [-0.3, -0.25) is 14.5 Å². The van der Waals surface area contributed by atoms with Crippen molar-refractivity contribution in [2.24, 2.45) is 0 Å². The molecule has 1 aromatic heterocycles. The van der Waals surface area contributed by atoms with Gasteiger partial charge in [0.2, 0.25) is 5.91 Å². The van der Waals surface area contributed by atoms with E-state index in [0.717, 1.165) is 42.7 Å². The number of aromatic nitrogens is 1. The standard InChI is InChI=1S/C31H39N3O3S/c1-6-20(2)23-12-16-26(17-13-23)34(31(36)29-21(3)32-22(4)38-29)28(24-14-18-27(37-5)19-15-24)30(35)33-25-10-8-7-9-11-25/h12-20,25,28H,6-11H2,1-5H3,(H,33,35)/t20-,28-/m0/s1. The first-order valence-corrected chi connectivity index (χ1v) is 14.5. The third kappa shape index (κ3) is 6.26. The molecule has 38 heavy (non-hydrogen) atoms. The van der Waals surface area contributed by atoms with E-state index in [1.807, 2.05) is 50.2 Å². The largest absolute Gasteiger partial charge is 0.497 e. The van der Waals surface area contributed by atoms with Gasteiger partial charge in [0.05, 0.1) is 17.8 Å². The number of hydrogen-bond acceptors (Lipinski definition) is 5. The molecule has 0 radical (unpaired) electrons. The fraction of sp³-hybridized carbons (Fsp3) is 0.452. The van der Waals surface area contributed by atoms with Crippen LogP contribution >= 0.6 is 11.3 Å². The average molecular weight is 534 g/mol. The molecule has 3 aromatic rings. The van der Waals surface area contributed by atoms with Crippen LogP contribution in [0.25, 0.3) is 0 Å². The van der Waals surface area contributed by atoms with Crippen molar-refractivity contribution < 1.29 is 14.3 Å². The Bertz CT molecular complexity index is 1230. The van der Waals surface area contributed by atoms with E-state index in [9.17, 15) is 9.59 Å². The molecule has 6 nitrogen and oxygen atoms in total. The molecule has 1 aliphatic rings. The van der Waals surface area contributed by atoms with E-state index in [2.05, 4.69) is 36.3 Å². The van der Waals surface area contributed by atoms with E-state index >= 15 is 0 Å². The molecule has 2 atom stereocenters. The normalized spacial score (nSPS) is 15.5. The number of thiazole rings is 1. The topological polar surface area (TPSA) is 71.5 Å². The summed E-state index contributed by atoms with van der Waals surface area (Å²) in [5, 5.41) is 4.11. The second kappa shape index (κ2) is 12.6. The van der Waals surface area contributed by atoms with Gasteiger partial charge >= 0.3 is 0 Å². The molecule has 7 heteroatoms. The summed E-state index contributed by atoms with van der Waals surface area (Å²) >= 11 is 1.37. The van der Waals surface area contributed by atoms with Crippen LogP contribution in [-0.2, 0) is 4.79 Å². The molecule has 2 aromatic carbocycles. The van der Waals surface area contributed by atoms with E-state index in [4.69, 9.17) is 4.74 Å². The molecule has 0 spiro atoms. The van der Waals surface area contributed by atoms with E-state index in [1.165, 1.54) is 23.3 Å². The van der Waals surface area contributed by atoms with Crippen molar-refractivity contribution in [3.63, 3.8) is 0 Å². The molecule has 202 valence electrons. The van der Waals surface area contributed by atoms with Crippen LogP contribution in [0, 0.1) is 13.8 Å². The summed E-state index contributed by atoms with van der Waals surface area (Å²) in [6.45, 7) is 8.11. The van der Waals surface area contributed by atoms with Crippen LogP contribution in [0.1, 0.15) is 95.8 Å². The summed E-state index contributed by atoms with van der Waals surface area (Å²) in [7, 11) is 1.62. The first-order valence-electron chi connectivity index (χ1n) is 13.6. The molecule has 0 unspecified atom stereocenters. The molecule has 4 rings (SSSR count). The molecule has 0 saturated heterocycles. The van der Waals surface area contributed by atoms with Gasteiger partial charge in [-0.1, -0.05) is 57.4 Å². The fourth-order valence-corrected chi connectivity index (χ4v) is 6.01. The first-order chi connectivity index (χ1) is 18.3. The summed E-state index contributed by atoms with van der Waals surface area (Å²) in [6, 6.07) is 14.8. The highest BCUT2D eigenvalue weighted by molar-refractivity contribution is 7.13. The zero-order valence-electron chi connectivity index (χ0n) is 23.1. The Morgan fingerprint density at radius 1 is 1.03 bits per heavy atom. The number of rotatable bonds is 9. The Kier molecular flexibility index (Phi) is 9.21. The van der Waals surface area contributed by atoms with Gasteiger partial charge < -0.3 is 10.1 Å². The first kappa shape index (κ1) is 27.8. The van der Waals surface area contributed by atoms with Gasteiger partial charge in [0, 0.05) is 11.7 Å². The number of methoxy groups -OCH3 is 1. The number of aryl methyl sites for hydroxylation is 2. The van der Waals surface area contributed by atoms with Gasteiger partial charge in [0.1, 0.15) is 16.7 Å². The molecule has 0 aliphatic heterocycles. The Morgan fingerprint density at radius 2 is 1.66 bits per heavy atom. The van der Waals surface area contributed by atoms with Gasteiger partial charge in [-0.25, -0.2) is 4.98 Å². The maximum absolute atomic E-state index is 14.3. The number of benzene rings is 2. The summed E-state index contributed by atoms with van der Waals surface area (Å²) < 4.78 is 5.37. The van der Waals surface area contributed by atoms with Crippen LogP contribution in [0.4, 0.5) is 5.69 Å². The number of anilines is 1. The Labute approximate surface area is 230 Å². The summed E-state index contributed by atoms with van der Waals surface area (Å²) in [5.74, 6) is 0.723. The van der Waals surface area contributed by atoms with Gasteiger partial charge in [-0.05, 0) is 74.4 Å². The van der Waals surface area contributed by atoms with Gasteiger partial charge in [0.25, 0.3) is 5.91 Å². The van der Waals surface area contributed by atoms with Gasteiger partial charge in [0.15, 0.2) is 0 Å². The second-order valence-electron chi connectivity index (χ2n) is 10.2. The van der Waals surface area contributed by atoms with E-state index in [1.54, 1.807) is 12.0 Å². The minimum absolute atomic E-state index is 0.120. The Morgan fingerprint density at radius 3 is 2.21 bits per heavy atom. The SMILES string of the molecule is CC[C@H](C)c1ccc(N(C(=O)c2sc(C)nc2C)[C@H](C(=O)NC2CCCCC2)c2ccc(OC)cc2)cc1. The van der Waals surface area contributed by atoms with Crippen molar-refractivity contribution >= 4 is 28.8 Å². The smallest absolute Gasteiger partial charge is 0.271 e. The molecule has 1 aliphatic carbocycles. The predicted octanol–water partition coefficient (Wildman–Crippen LogP) is 7.12. The number of hydrogen-bond donors (Lipinski definition) is 1. The van der Waals surface area contributed by atoms with Crippen molar-refractivity contribution in [2.75, 3.05) is 12.0 Å². The highest BCUT2D eigenvalue weighted by Gasteiger charge is 2.36. The maximum Gasteiger partial charge on any atom is 0.271 e. The van der Waals surface area contributed by atoms with Crippen molar-refractivity contribution in [1.29, 1.82) is 0 Å². The third-order valence-electron chi connectivity index (χ3n) is 7.56. The van der Waals surface area contributed by atoms with Crippen LogP contribution in [-0.4, -0.2) is 29.9 Å². The van der Waals surface area contributed by atoms with Crippen LogP contribution < -0.4 is 15.0 Å². The van der Waals surface area contributed by atoms with Gasteiger partial charge in [-0.15, -0.1) is 11.3 Å². The lowest BCUT2D eigenvalue weighted by atomic mass is 9.94. The molecule has 0 bridgehead atoms. The number of carbonyl (C=O) groups excluding carboxylic acids is 2. The number of nitrogens with zero attached hydrogens (tertiary/aromatic N) is 2. The zero-order chi connectivity index (χ0) is 27.2. The summed E-state index contributed by atoms with van der Waals surface area (Å²) in [6.07, 6.45) is 6.37. The fourth-order valence-electron chi connectivity index (χ4n) is 5.15. The van der Waals surface area contributed by atoms with Crippen molar-refractivity contribution in [3.8, 4) is 5.75 Å². The highest BCUT2D eigenvalue weighted by atomic mass is 32.1. The number of carbonyl (C=O) groups is 2. The zero-order valence-corrected chi connectivity index (χ0v) is 23.9. The Hall–Kier alpha value is -3.19. The van der Waals surface area contributed by atoms with Crippen LogP contribution in [0.3, 0.4) is 0 Å². The van der Waals surface area contributed by atoms with Gasteiger partial charge in [-0.2, -0.15) is 0 Å². The molecular formula is C31H39N3O3S. The average Bonchev–Trinajstić information content (AvgIpc) is 3.29. The third-order valence-corrected chi connectivity index (χ3v) is 8.62. The maximum atomic E-state index is 14.3. The van der Waals surface area contributed by atoms with Crippen molar-refractivity contribution in [3.05, 3.63) is 75.2 Å².